The molecule has 18 heavy (non-hydrogen) atoms. The summed E-state index contributed by atoms with van der Waals surface area (Å²) in [6, 6.07) is 9.03. The van der Waals surface area contributed by atoms with Crippen LogP contribution in [0.1, 0.15) is 26.3 Å². The SMILES string of the molecule is CC(C)CN1C(=O)N[C@@](C)(c2ccccc2)C1=O. The second-order valence-electron chi connectivity index (χ2n) is 5.23. The lowest BCUT2D eigenvalue weighted by Gasteiger charge is -2.22. The zero-order valence-corrected chi connectivity index (χ0v) is 10.9. The monoisotopic (exact) mass is 246 g/mol. The molecule has 0 spiro atoms. The number of hydrogen-bond acceptors (Lipinski definition) is 2. The summed E-state index contributed by atoms with van der Waals surface area (Å²) in [5.74, 6) is 0.0882. The van der Waals surface area contributed by atoms with Gasteiger partial charge in [0.05, 0.1) is 0 Å². The van der Waals surface area contributed by atoms with E-state index >= 15 is 0 Å². The number of nitrogens with one attached hydrogen (secondary N) is 1. The number of hydrogen-bond donors (Lipinski definition) is 1. The minimum Gasteiger partial charge on any atom is -0.319 e. The fraction of sp³-hybridized carbons (Fsp3) is 0.429. The third-order valence-corrected chi connectivity index (χ3v) is 3.17. The summed E-state index contributed by atoms with van der Waals surface area (Å²) in [5.41, 5.74) is -0.123. The number of urea groups is 1. The Balaban J connectivity index is 2.32. The highest BCUT2D eigenvalue weighted by atomic mass is 16.2. The lowest BCUT2D eigenvalue weighted by atomic mass is 9.92. The van der Waals surface area contributed by atoms with Gasteiger partial charge in [-0.05, 0) is 18.4 Å². The van der Waals surface area contributed by atoms with Crippen molar-refractivity contribution < 1.29 is 9.59 Å². The lowest BCUT2D eigenvalue weighted by molar-refractivity contribution is -0.131. The van der Waals surface area contributed by atoms with Crippen molar-refractivity contribution in [3.8, 4) is 0 Å². The van der Waals surface area contributed by atoms with Crippen LogP contribution in [-0.2, 0) is 10.3 Å². The van der Waals surface area contributed by atoms with Gasteiger partial charge >= 0.3 is 6.03 Å². The molecule has 4 heteroatoms. The number of rotatable bonds is 3. The predicted molar refractivity (Wildman–Crippen MR) is 68.9 cm³/mol. The molecule has 1 atom stereocenters. The molecule has 0 aliphatic carbocycles. The maximum atomic E-state index is 12.4. The third-order valence-electron chi connectivity index (χ3n) is 3.17. The summed E-state index contributed by atoms with van der Waals surface area (Å²) in [6.45, 7) is 6.17. The maximum Gasteiger partial charge on any atom is 0.325 e. The molecule has 0 aromatic heterocycles. The molecule has 0 bridgehead atoms. The molecule has 1 aliphatic rings. The molecule has 1 saturated heterocycles. The van der Waals surface area contributed by atoms with Crippen molar-refractivity contribution in [3.63, 3.8) is 0 Å². The summed E-state index contributed by atoms with van der Waals surface area (Å²) in [6.07, 6.45) is 0. The number of benzene rings is 1. The second-order valence-corrected chi connectivity index (χ2v) is 5.23. The van der Waals surface area contributed by atoms with E-state index in [2.05, 4.69) is 5.32 Å². The molecule has 1 aromatic carbocycles. The zero-order valence-electron chi connectivity index (χ0n) is 10.9. The van der Waals surface area contributed by atoms with Crippen LogP contribution in [0.4, 0.5) is 4.79 Å². The van der Waals surface area contributed by atoms with Crippen molar-refractivity contribution in [1.82, 2.24) is 10.2 Å². The largest absolute Gasteiger partial charge is 0.325 e. The number of amides is 3. The highest BCUT2D eigenvalue weighted by Crippen LogP contribution is 2.28. The van der Waals surface area contributed by atoms with Gasteiger partial charge in [0.2, 0.25) is 0 Å². The minimum absolute atomic E-state index is 0.174. The standard InChI is InChI=1S/C14H18N2O2/c1-10(2)9-16-12(17)14(3,15-13(16)18)11-7-5-4-6-8-11/h4-8,10H,9H2,1-3H3,(H,15,18)/t14-/m0/s1. The van der Waals surface area contributed by atoms with Crippen LogP contribution < -0.4 is 5.32 Å². The normalized spacial score (nSPS) is 23.7. The van der Waals surface area contributed by atoms with Crippen molar-refractivity contribution in [3.05, 3.63) is 35.9 Å². The van der Waals surface area contributed by atoms with Gasteiger partial charge in [-0.2, -0.15) is 0 Å². The first-order chi connectivity index (χ1) is 8.45. The highest BCUT2D eigenvalue weighted by Gasteiger charge is 2.48. The van der Waals surface area contributed by atoms with Crippen molar-refractivity contribution in [2.75, 3.05) is 6.54 Å². The molecule has 1 heterocycles. The van der Waals surface area contributed by atoms with Gasteiger partial charge in [-0.25, -0.2) is 4.79 Å². The molecule has 1 N–H and O–H groups in total. The molecule has 1 aliphatic heterocycles. The van der Waals surface area contributed by atoms with Crippen molar-refractivity contribution in [2.45, 2.75) is 26.3 Å². The molecular weight excluding hydrogens is 228 g/mol. The summed E-state index contributed by atoms with van der Waals surface area (Å²) < 4.78 is 0. The van der Waals surface area contributed by atoms with E-state index in [9.17, 15) is 9.59 Å². The van der Waals surface area contributed by atoms with E-state index in [1.807, 2.05) is 44.2 Å². The Labute approximate surface area is 107 Å². The van der Waals surface area contributed by atoms with Crippen LogP contribution in [-0.4, -0.2) is 23.4 Å². The van der Waals surface area contributed by atoms with Crippen LogP contribution >= 0.6 is 0 Å². The Kier molecular flexibility index (Phi) is 3.11. The van der Waals surface area contributed by atoms with Crippen molar-refractivity contribution >= 4 is 11.9 Å². The summed E-state index contributed by atoms with van der Waals surface area (Å²) in [4.78, 5) is 25.6. The number of carbonyl (C=O) groups excluding carboxylic acids is 2. The first-order valence-electron chi connectivity index (χ1n) is 6.15. The Morgan fingerprint density at radius 2 is 1.83 bits per heavy atom. The number of carbonyl (C=O) groups is 2. The Hall–Kier alpha value is -1.84. The van der Waals surface area contributed by atoms with E-state index < -0.39 is 5.54 Å². The van der Waals surface area contributed by atoms with E-state index in [1.54, 1.807) is 6.92 Å². The molecule has 96 valence electrons. The van der Waals surface area contributed by atoms with Crippen LogP contribution in [0, 0.1) is 5.92 Å². The van der Waals surface area contributed by atoms with E-state index in [-0.39, 0.29) is 17.9 Å². The summed E-state index contributed by atoms with van der Waals surface area (Å²) >= 11 is 0. The van der Waals surface area contributed by atoms with Gasteiger partial charge < -0.3 is 5.32 Å². The minimum atomic E-state index is -0.937. The van der Waals surface area contributed by atoms with E-state index in [0.29, 0.717) is 6.54 Å². The molecule has 0 unspecified atom stereocenters. The lowest BCUT2D eigenvalue weighted by Crippen LogP contribution is -2.41. The molecule has 1 aromatic rings. The van der Waals surface area contributed by atoms with Gasteiger partial charge in [0.15, 0.2) is 0 Å². The van der Waals surface area contributed by atoms with Gasteiger partial charge in [-0.3, -0.25) is 9.69 Å². The second kappa shape index (κ2) is 4.44. The van der Waals surface area contributed by atoms with Crippen LogP contribution in [0.2, 0.25) is 0 Å². The quantitative estimate of drug-likeness (QED) is 0.830. The Morgan fingerprint density at radius 3 is 2.39 bits per heavy atom. The molecule has 2 rings (SSSR count). The Morgan fingerprint density at radius 1 is 1.22 bits per heavy atom. The van der Waals surface area contributed by atoms with Crippen LogP contribution in [0.5, 0.6) is 0 Å². The molecule has 0 saturated carbocycles. The fourth-order valence-electron chi connectivity index (χ4n) is 2.20. The predicted octanol–water partition coefficient (Wildman–Crippen LogP) is 2.11. The molecule has 1 fully saturated rings. The van der Waals surface area contributed by atoms with Crippen LogP contribution in [0.25, 0.3) is 0 Å². The van der Waals surface area contributed by atoms with Gasteiger partial charge in [0.1, 0.15) is 5.54 Å². The average Bonchev–Trinajstić information content (AvgIpc) is 2.55. The van der Waals surface area contributed by atoms with E-state index in [0.717, 1.165) is 5.56 Å². The van der Waals surface area contributed by atoms with Gasteiger partial charge in [0.25, 0.3) is 5.91 Å². The van der Waals surface area contributed by atoms with Crippen LogP contribution in [0.15, 0.2) is 30.3 Å². The summed E-state index contributed by atoms with van der Waals surface area (Å²) in [7, 11) is 0. The topological polar surface area (TPSA) is 49.4 Å². The summed E-state index contributed by atoms with van der Waals surface area (Å²) in [5, 5.41) is 2.79. The van der Waals surface area contributed by atoms with Crippen molar-refractivity contribution in [1.29, 1.82) is 0 Å². The van der Waals surface area contributed by atoms with E-state index in [4.69, 9.17) is 0 Å². The van der Waals surface area contributed by atoms with Crippen molar-refractivity contribution in [2.24, 2.45) is 5.92 Å². The smallest absolute Gasteiger partial charge is 0.319 e. The maximum absolute atomic E-state index is 12.4. The zero-order chi connectivity index (χ0) is 13.3. The van der Waals surface area contributed by atoms with Gasteiger partial charge in [0, 0.05) is 6.54 Å². The first kappa shape index (κ1) is 12.6. The fourth-order valence-corrected chi connectivity index (χ4v) is 2.20. The first-order valence-corrected chi connectivity index (χ1v) is 6.15. The average molecular weight is 246 g/mol. The molecule has 0 radical (unpaired) electrons. The highest BCUT2D eigenvalue weighted by molar-refractivity contribution is 6.07. The van der Waals surface area contributed by atoms with Gasteiger partial charge in [-0.15, -0.1) is 0 Å². The number of imide groups is 1. The number of nitrogens with zero attached hydrogens (tertiary/aromatic N) is 1. The molecule has 4 nitrogen and oxygen atoms in total. The molecule has 3 amide bonds. The van der Waals surface area contributed by atoms with Gasteiger partial charge in [-0.1, -0.05) is 44.2 Å². The molecular formula is C14H18N2O2. The van der Waals surface area contributed by atoms with E-state index in [1.165, 1.54) is 4.90 Å². The Bertz CT molecular complexity index is 470. The van der Waals surface area contributed by atoms with Crippen LogP contribution in [0.3, 0.4) is 0 Å². The third kappa shape index (κ3) is 1.98.